The summed E-state index contributed by atoms with van der Waals surface area (Å²) in [6.45, 7) is 0.211. The van der Waals surface area contributed by atoms with Crippen LogP contribution >= 0.6 is 0 Å². The zero-order valence-corrected chi connectivity index (χ0v) is 10.0. The lowest BCUT2D eigenvalue weighted by Gasteiger charge is -2.13. The molecule has 3 nitrogen and oxygen atoms in total. The molecule has 2 N–H and O–H groups in total. The SMILES string of the molecule is COc1ccccc1Oc1c(F)cccc1CN. The van der Waals surface area contributed by atoms with Gasteiger partial charge in [-0.25, -0.2) is 4.39 Å². The molecule has 0 atom stereocenters. The van der Waals surface area contributed by atoms with E-state index in [9.17, 15) is 4.39 Å². The van der Waals surface area contributed by atoms with Gasteiger partial charge in [-0.1, -0.05) is 24.3 Å². The summed E-state index contributed by atoms with van der Waals surface area (Å²) in [7, 11) is 1.54. The van der Waals surface area contributed by atoms with Crippen LogP contribution in [0.15, 0.2) is 42.5 Å². The number of hydrogen-bond acceptors (Lipinski definition) is 3. The van der Waals surface area contributed by atoms with E-state index in [0.29, 0.717) is 17.1 Å². The molecule has 4 heteroatoms. The maximum atomic E-state index is 13.7. The second-order valence-corrected chi connectivity index (χ2v) is 3.69. The monoisotopic (exact) mass is 247 g/mol. The average molecular weight is 247 g/mol. The van der Waals surface area contributed by atoms with Crippen LogP contribution < -0.4 is 15.2 Å². The number of methoxy groups -OCH3 is 1. The zero-order valence-electron chi connectivity index (χ0n) is 10.0. The Morgan fingerprint density at radius 2 is 1.78 bits per heavy atom. The molecule has 18 heavy (non-hydrogen) atoms. The Bertz CT molecular complexity index is 543. The highest BCUT2D eigenvalue weighted by Crippen LogP contribution is 2.34. The maximum Gasteiger partial charge on any atom is 0.169 e. The summed E-state index contributed by atoms with van der Waals surface area (Å²) in [6, 6.07) is 11.7. The molecule has 94 valence electrons. The van der Waals surface area contributed by atoms with E-state index >= 15 is 0 Å². The van der Waals surface area contributed by atoms with E-state index in [1.807, 2.05) is 6.07 Å². The standard InChI is InChI=1S/C14H14FNO2/c1-17-12-7-2-3-8-13(12)18-14-10(9-16)5-4-6-11(14)15/h2-8H,9,16H2,1H3. The molecule has 0 aliphatic rings. The highest BCUT2D eigenvalue weighted by Gasteiger charge is 2.12. The van der Waals surface area contributed by atoms with E-state index in [1.165, 1.54) is 13.2 Å². The lowest BCUT2D eigenvalue weighted by molar-refractivity contribution is 0.369. The summed E-state index contributed by atoms with van der Waals surface area (Å²) in [4.78, 5) is 0. The molecule has 0 radical (unpaired) electrons. The van der Waals surface area contributed by atoms with Gasteiger partial charge in [0.1, 0.15) is 0 Å². The normalized spacial score (nSPS) is 10.2. The molecule has 0 heterocycles. The Morgan fingerprint density at radius 3 is 2.44 bits per heavy atom. The van der Waals surface area contributed by atoms with Gasteiger partial charge in [0.15, 0.2) is 23.1 Å². The first-order chi connectivity index (χ1) is 8.76. The predicted octanol–water partition coefficient (Wildman–Crippen LogP) is 3.09. The molecule has 2 aromatic rings. The van der Waals surface area contributed by atoms with E-state index in [2.05, 4.69) is 0 Å². The van der Waals surface area contributed by atoms with Crippen molar-refractivity contribution in [3.8, 4) is 17.2 Å². The van der Waals surface area contributed by atoms with Gasteiger partial charge in [0, 0.05) is 12.1 Å². The van der Waals surface area contributed by atoms with Gasteiger partial charge in [0.25, 0.3) is 0 Å². The number of para-hydroxylation sites is 3. The minimum Gasteiger partial charge on any atom is -0.493 e. The minimum atomic E-state index is -0.441. The fourth-order valence-electron chi connectivity index (χ4n) is 1.64. The smallest absolute Gasteiger partial charge is 0.169 e. The first kappa shape index (κ1) is 12.4. The van der Waals surface area contributed by atoms with E-state index in [1.54, 1.807) is 30.3 Å². The van der Waals surface area contributed by atoms with Crippen molar-refractivity contribution in [2.24, 2.45) is 5.73 Å². The first-order valence-corrected chi connectivity index (χ1v) is 5.54. The molecular formula is C14H14FNO2. The Kier molecular flexibility index (Phi) is 3.79. The quantitative estimate of drug-likeness (QED) is 0.903. The highest BCUT2D eigenvalue weighted by molar-refractivity contribution is 5.45. The van der Waals surface area contributed by atoms with E-state index in [4.69, 9.17) is 15.2 Å². The van der Waals surface area contributed by atoms with Crippen molar-refractivity contribution in [1.29, 1.82) is 0 Å². The van der Waals surface area contributed by atoms with Crippen LogP contribution in [0, 0.1) is 5.82 Å². The molecule has 0 amide bonds. The van der Waals surface area contributed by atoms with Gasteiger partial charge in [-0.2, -0.15) is 0 Å². The van der Waals surface area contributed by atoms with E-state index < -0.39 is 5.82 Å². The highest BCUT2D eigenvalue weighted by atomic mass is 19.1. The molecule has 0 saturated carbocycles. The molecule has 0 spiro atoms. The number of benzene rings is 2. The summed E-state index contributed by atoms with van der Waals surface area (Å²) in [5, 5.41) is 0. The van der Waals surface area contributed by atoms with Crippen molar-refractivity contribution in [3.05, 3.63) is 53.8 Å². The van der Waals surface area contributed by atoms with E-state index in [-0.39, 0.29) is 12.3 Å². The second kappa shape index (κ2) is 5.51. The van der Waals surface area contributed by atoms with Crippen LogP contribution in [0.2, 0.25) is 0 Å². The third-order valence-electron chi connectivity index (χ3n) is 2.55. The Labute approximate surface area is 105 Å². The summed E-state index contributed by atoms with van der Waals surface area (Å²) < 4.78 is 24.5. The van der Waals surface area contributed by atoms with Crippen LogP contribution in [0.4, 0.5) is 4.39 Å². The molecule has 0 unspecified atom stereocenters. The number of halogens is 1. The third-order valence-corrected chi connectivity index (χ3v) is 2.55. The van der Waals surface area contributed by atoms with Crippen molar-refractivity contribution in [2.75, 3.05) is 7.11 Å². The van der Waals surface area contributed by atoms with Crippen molar-refractivity contribution >= 4 is 0 Å². The van der Waals surface area contributed by atoms with Crippen molar-refractivity contribution in [3.63, 3.8) is 0 Å². The third kappa shape index (κ3) is 2.43. The number of hydrogen-bond donors (Lipinski definition) is 1. The topological polar surface area (TPSA) is 44.5 Å². The average Bonchev–Trinajstić information content (AvgIpc) is 2.41. The van der Waals surface area contributed by atoms with Gasteiger partial charge in [0.05, 0.1) is 7.11 Å². The Hall–Kier alpha value is -2.07. The molecule has 0 aliphatic heterocycles. The summed E-state index contributed by atoms with van der Waals surface area (Å²) >= 11 is 0. The fraction of sp³-hybridized carbons (Fsp3) is 0.143. The van der Waals surface area contributed by atoms with Crippen molar-refractivity contribution < 1.29 is 13.9 Å². The summed E-state index contributed by atoms with van der Waals surface area (Å²) in [5.41, 5.74) is 6.18. The zero-order chi connectivity index (χ0) is 13.0. The lowest BCUT2D eigenvalue weighted by Crippen LogP contribution is -2.01. The molecule has 0 aliphatic carbocycles. The van der Waals surface area contributed by atoms with Crippen molar-refractivity contribution in [2.45, 2.75) is 6.54 Å². The van der Waals surface area contributed by atoms with Gasteiger partial charge in [-0.15, -0.1) is 0 Å². The molecular weight excluding hydrogens is 233 g/mol. The van der Waals surface area contributed by atoms with Gasteiger partial charge < -0.3 is 15.2 Å². The van der Waals surface area contributed by atoms with Gasteiger partial charge in [-0.05, 0) is 18.2 Å². The van der Waals surface area contributed by atoms with Crippen LogP contribution in [-0.4, -0.2) is 7.11 Å². The van der Waals surface area contributed by atoms with Crippen LogP contribution in [0.25, 0.3) is 0 Å². The molecule has 0 aromatic heterocycles. The Morgan fingerprint density at radius 1 is 1.06 bits per heavy atom. The molecule has 2 rings (SSSR count). The van der Waals surface area contributed by atoms with Crippen LogP contribution in [0.3, 0.4) is 0 Å². The maximum absolute atomic E-state index is 13.7. The number of nitrogens with two attached hydrogens (primary N) is 1. The van der Waals surface area contributed by atoms with Gasteiger partial charge in [-0.3, -0.25) is 0 Å². The van der Waals surface area contributed by atoms with Crippen LogP contribution in [-0.2, 0) is 6.54 Å². The largest absolute Gasteiger partial charge is 0.493 e. The van der Waals surface area contributed by atoms with Crippen LogP contribution in [0.1, 0.15) is 5.56 Å². The summed E-state index contributed by atoms with van der Waals surface area (Å²) in [5.74, 6) is 0.705. The minimum absolute atomic E-state index is 0.143. The molecule has 0 fully saturated rings. The fourth-order valence-corrected chi connectivity index (χ4v) is 1.64. The summed E-state index contributed by atoms with van der Waals surface area (Å²) in [6.07, 6.45) is 0. The van der Waals surface area contributed by atoms with Crippen molar-refractivity contribution in [1.82, 2.24) is 0 Å². The Balaban J connectivity index is 2.39. The lowest BCUT2D eigenvalue weighted by atomic mass is 10.2. The van der Waals surface area contributed by atoms with E-state index in [0.717, 1.165) is 0 Å². The number of ether oxygens (including phenoxy) is 2. The second-order valence-electron chi connectivity index (χ2n) is 3.69. The van der Waals surface area contributed by atoms with Gasteiger partial charge >= 0.3 is 0 Å². The molecule has 0 bridgehead atoms. The molecule has 0 saturated heterocycles. The number of rotatable bonds is 4. The predicted molar refractivity (Wildman–Crippen MR) is 67.4 cm³/mol. The van der Waals surface area contributed by atoms with Crippen LogP contribution in [0.5, 0.6) is 17.2 Å². The molecule has 2 aromatic carbocycles. The first-order valence-electron chi connectivity index (χ1n) is 5.54. The van der Waals surface area contributed by atoms with Gasteiger partial charge in [0.2, 0.25) is 0 Å².